The predicted molar refractivity (Wildman–Crippen MR) is 101 cm³/mol. The Kier molecular flexibility index (Phi) is 4.70. The monoisotopic (exact) mass is 361 g/mol. The Morgan fingerprint density at radius 1 is 1.26 bits per heavy atom. The van der Waals surface area contributed by atoms with Crippen molar-refractivity contribution in [3.8, 4) is 6.07 Å². The van der Waals surface area contributed by atoms with Gasteiger partial charge >= 0.3 is 0 Å². The predicted octanol–water partition coefficient (Wildman–Crippen LogP) is 2.75. The fourth-order valence-corrected chi connectivity index (χ4v) is 3.12. The van der Waals surface area contributed by atoms with E-state index in [4.69, 9.17) is 5.26 Å². The van der Waals surface area contributed by atoms with E-state index >= 15 is 0 Å². The normalized spacial score (nSPS) is 18.8. The molecule has 2 aromatic rings. The summed E-state index contributed by atoms with van der Waals surface area (Å²) in [6.45, 7) is 3.55. The van der Waals surface area contributed by atoms with E-state index in [1.54, 1.807) is 49.4 Å². The average Bonchev–Trinajstić information content (AvgIpc) is 2.84. The number of nitrogens with one attached hydrogen (secondary N) is 2. The van der Waals surface area contributed by atoms with Gasteiger partial charge in [0.25, 0.3) is 11.8 Å². The van der Waals surface area contributed by atoms with Gasteiger partial charge in [-0.05, 0) is 49.2 Å². The van der Waals surface area contributed by atoms with Gasteiger partial charge in [-0.3, -0.25) is 9.59 Å². The van der Waals surface area contributed by atoms with Gasteiger partial charge in [0.1, 0.15) is 11.3 Å². The fraction of sp³-hybridized carbons (Fsp3) is 0.190. The van der Waals surface area contributed by atoms with Gasteiger partial charge in [-0.15, -0.1) is 0 Å². The Morgan fingerprint density at radius 3 is 2.59 bits per heavy atom. The number of carbonyl (C=O) groups excluding carboxylic acids is 2. The molecule has 27 heavy (non-hydrogen) atoms. The third-order valence-electron chi connectivity index (χ3n) is 4.52. The lowest BCUT2D eigenvalue weighted by Gasteiger charge is -2.24. The van der Waals surface area contributed by atoms with Gasteiger partial charge in [-0.2, -0.15) is 5.26 Å². The Morgan fingerprint density at radius 2 is 1.96 bits per heavy atom. The number of anilines is 1. The van der Waals surface area contributed by atoms with Crippen LogP contribution in [0.4, 0.5) is 5.69 Å². The maximum absolute atomic E-state index is 12.5. The van der Waals surface area contributed by atoms with Crippen molar-refractivity contribution in [3.63, 3.8) is 0 Å². The Bertz CT molecular complexity index is 986. The van der Waals surface area contributed by atoms with E-state index in [1.165, 1.54) is 0 Å². The Balaban J connectivity index is 1.84. The lowest BCUT2D eigenvalue weighted by Crippen LogP contribution is -2.43. The molecule has 1 unspecified atom stereocenters. The molecule has 1 atom stereocenters. The third kappa shape index (κ3) is 3.67. The molecule has 0 aromatic heterocycles. The molecule has 2 aromatic carbocycles. The van der Waals surface area contributed by atoms with Crippen molar-refractivity contribution in [1.82, 2.24) is 5.32 Å². The van der Waals surface area contributed by atoms with E-state index in [-0.39, 0.29) is 17.8 Å². The summed E-state index contributed by atoms with van der Waals surface area (Å²) >= 11 is 0. The second-order valence-corrected chi connectivity index (χ2v) is 6.82. The van der Waals surface area contributed by atoms with E-state index in [0.29, 0.717) is 11.3 Å². The van der Waals surface area contributed by atoms with Crippen LogP contribution in [-0.2, 0) is 16.0 Å². The second kappa shape index (κ2) is 6.96. The zero-order valence-corrected chi connectivity index (χ0v) is 15.0. The SMILES string of the molecule is Cc1cccc(NC(=O)C2=C(O)C(C)(Cc3ccc(C#N)cc3)NC2=O)c1. The quantitative estimate of drug-likeness (QED) is 0.729. The van der Waals surface area contributed by atoms with Crippen LogP contribution < -0.4 is 10.6 Å². The summed E-state index contributed by atoms with van der Waals surface area (Å²) in [5.41, 5.74) is 1.49. The number of hydrogen-bond acceptors (Lipinski definition) is 4. The van der Waals surface area contributed by atoms with Crippen LogP contribution in [0.1, 0.15) is 23.6 Å². The lowest BCUT2D eigenvalue weighted by atomic mass is 9.91. The van der Waals surface area contributed by atoms with Crippen molar-refractivity contribution >= 4 is 17.5 Å². The van der Waals surface area contributed by atoms with Gasteiger partial charge in [-0.1, -0.05) is 24.3 Å². The number of aliphatic hydroxyl groups is 1. The Labute approximate surface area is 157 Å². The first kappa shape index (κ1) is 18.2. The second-order valence-electron chi connectivity index (χ2n) is 6.82. The molecule has 1 aliphatic heterocycles. The highest BCUT2D eigenvalue weighted by Crippen LogP contribution is 2.29. The van der Waals surface area contributed by atoms with E-state index in [2.05, 4.69) is 10.6 Å². The van der Waals surface area contributed by atoms with Crippen LogP contribution in [0.25, 0.3) is 0 Å². The summed E-state index contributed by atoms with van der Waals surface area (Å²) in [5.74, 6) is -1.56. The van der Waals surface area contributed by atoms with Gasteiger partial charge in [0.05, 0.1) is 17.2 Å². The molecule has 2 amide bonds. The first-order valence-corrected chi connectivity index (χ1v) is 8.46. The molecule has 0 spiro atoms. The van der Waals surface area contributed by atoms with Gasteiger partial charge in [0.2, 0.25) is 0 Å². The smallest absolute Gasteiger partial charge is 0.264 e. The zero-order chi connectivity index (χ0) is 19.6. The number of rotatable bonds is 4. The molecule has 3 rings (SSSR count). The van der Waals surface area contributed by atoms with Gasteiger partial charge in [0.15, 0.2) is 0 Å². The molecule has 6 heteroatoms. The zero-order valence-electron chi connectivity index (χ0n) is 15.0. The summed E-state index contributed by atoms with van der Waals surface area (Å²) in [6.07, 6.45) is 0.289. The van der Waals surface area contributed by atoms with Gasteiger partial charge < -0.3 is 15.7 Å². The number of aryl methyl sites for hydroxylation is 1. The minimum Gasteiger partial charge on any atom is -0.509 e. The summed E-state index contributed by atoms with van der Waals surface area (Å²) in [4.78, 5) is 24.9. The third-order valence-corrected chi connectivity index (χ3v) is 4.52. The number of benzene rings is 2. The van der Waals surface area contributed by atoms with Crippen molar-refractivity contribution in [2.45, 2.75) is 25.8 Å². The van der Waals surface area contributed by atoms with Gasteiger partial charge in [0, 0.05) is 12.1 Å². The summed E-state index contributed by atoms with van der Waals surface area (Å²) in [7, 11) is 0. The molecule has 136 valence electrons. The van der Waals surface area contributed by atoms with E-state index < -0.39 is 17.4 Å². The van der Waals surface area contributed by atoms with Crippen molar-refractivity contribution in [2.75, 3.05) is 5.32 Å². The van der Waals surface area contributed by atoms with Crippen molar-refractivity contribution in [3.05, 3.63) is 76.6 Å². The highest BCUT2D eigenvalue weighted by Gasteiger charge is 2.44. The fourth-order valence-electron chi connectivity index (χ4n) is 3.12. The topological polar surface area (TPSA) is 102 Å². The number of hydrogen-bond donors (Lipinski definition) is 3. The Hall–Kier alpha value is -3.59. The highest BCUT2D eigenvalue weighted by atomic mass is 16.3. The molecule has 0 saturated heterocycles. The number of nitriles is 1. The maximum Gasteiger partial charge on any atom is 0.264 e. The molecular formula is C21H19N3O3. The molecule has 3 N–H and O–H groups in total. The van der Waals surface area contributed by atoms with Crippen LogP contribution >= 0.6 is 0 Å². The van der Waals surface area contributed by atoms with Crippen LogP contribution in [0.5, 0.6) is 0 Å². The van der Waals surface area contributed by atoms with Crippen molar-refractivity contribution in [2.24, 2.45) is 0 Å². The van der Waals surface area contributed by atoms with Gasteiger partial charge in [-0.25, -0.2) is 0 Å². The molecule has 0 saturated carbocycles. The van der Waals surface area contributed by atoms with Crippen LogP contribution in [0, 0.1) is 18.3 Å². The minimum atomic E-state index is -1.09. The first-order valence-electron chi connectivity index (χ1n) is 8.46. The largest absolute Gasteiger partial charge is 0.509 e. The van der Waals surface area contributed by atoms with Crippen LogP contribution in [0.3, 0.4) is 0 Å². The lowest BCUT2D eigenvalue weighted by molar-refractivity contribution is -0.121. The molecule has 0 fully saturated rings. The summed E-state index contributed by atoms with van der Waals surface area (Å²) < 4.78 is 0. The standard InChI is InChI=1S/C21H19N3O3/c1-13-4-3-5-16(10-13)23-19(26)17-18(25)21(2,24-20(17)27)11-14-6-8-15(12-22)9-7-14/h3-10,25H,11H2,1-2H3,(H,23,26)(H,24,27). The molecule has 6 nitrogen and oxygen atoms in total. The molecular weight excluding hydrogens is 342 g/mol. The number of nitrogens with zero attached hydrogens (tertiary/aromatic N) is 1. The maximum atomic E-state index is 12.5. The van der Waals surface area contributed by atoms with Crippen molar-refractivity contribution in [1.29, 1.82) is 5.26 Å². The minimum absolute atomic E-state index is 0.285. The highest BCUT2D eigenvalue weighted by molar-refractivity contribution is 6.24. The number of aliphatic hydroxyl groups excluding tert-OH is 1. The summed E-state index contributed by atoms with van der Waals surface area (Å²) in [6, 6.07) is 16.1. The molecule has 0 bridgehead atoms. The molecule has 0 radical (unpaired) electrons. The van der Waals surface area contributed by atoms with E-state index in [0.717, 1.165) is 11.1 Å². The van der Waals surface area contributed by atoms with Crippen LogP contribution in [0.2, 0.25) is 0 Å². The van der Waals surface area contributed by atoms with Crippen molar-refractivity contribution < 1.29 is 14.7 Å². The van der Waals surface area contributed by atoms with E-state index in [9.17, 15) is 14.7 Å². The molecule has 1 heterocycles. The van der Waals surface area contributed by atoms with E-state index in [1.807, 2.05) is 19.1 Å². The first-order chi connectivity index (χ1) is 12.8. The van der Waals surface area contributed by atoms with Crippen LogP contribution in [-0.4, -0.2) is 22.5 Å². The average molecular weight is 361 g/mol. The van der Waals surface area contributed by atoms with Crippen LogP contribution in [0.15, 0.2) is 59.9 Å². The number of amides is 2. The summed E-state index contributed by atoms with van der Waals surface area (Å²) in [5, 5.41) is 24.8. The molecule has 0 aliphatic carbocycles. The number of carbonyl (C=O) groups is 2. The molecule has 1 aliphatic rings.